The maximum atomic E-state index is 11.2. The number of aromatic carboxylic acids is 1. The predicted molar refractivity (Wildman–Crippen MR) is 96.4 cm³/mol. The first-order valence-electron chi connectivity index (χ1n) is 6.83. The van der Waals surface area contributed by atoms with Gasteiger partial charge in [-0.2, -0.15) is 0 Å². The molecule has 13 heteroatoms. The molecule has 4 aromatic heterocycles. The van der Waals surface area contributed by atoms with Crippen LogP contribution in [0.2, 0.25) is 0 Å². The second kappa shape index (κ2) is 10.8. The van der Waals surface area contributed by atoms with Gasteiger partial charge in [-0.3, -0.25) is 0 Å². The molecule has 0 radical (unpaired) electrons. The van der Waals surface area contributed by atoms with Gasteiger partial charge in [0.15, 0.2) is 0 Å². The largest absolute Gasteiger partial charge is 1.00 e. The number of nitrogens with one attached hydrogen (secondary N) is 2. The quantitative estimate of drug-likeness (QED) is 0.292. The number of rotatable bonds is 3. The van der Waals surface area contributed by atoms with E-state index in [-0.39, 0.29) is 41.5 Å². The molecule has 0 unspecified atom stereocenters. The molecule has 0 bridgehead atoms. The molecule has 4 rings (SSSR count). The minimum atomic E-state index is -0.949. The summed E-state index contributed by atoms with van der Waals surface area (Å²) in [6.07, 6.45) is 0. The molecule has 0 atom stereocenters. The Morgan fingerprint density at radius 2 is 1.56 bits per heavy atom. The summed E-state index contributed by atoms with van der Waals surface area (Å²) < 4.78 is 6.69. The molecule has 6 N–H and O–H groups in total. The third-order valence-electron chi connectivity index (χ3n) is 2.97. The molecule has 0 fully saturated rings. The van der Waals surface area contributed by atoms with Crippen molar-refractivity contribution in [3.63, 3.8) is 0 Å². The Morgan fingerprint density at radius 3 is 2.00 bits per heavy atom. The van der Waals surface area contributed by atoms with Gasteiger partial charge in [0.1, 0.15) is 22.7 Å². The number of ether oxygens (including phenoxy) is 1. The van der Waals surface area contributed by atoms with E-state index in [0.29, 0.717) is 17.9 Å². The van der Waals surface area contributed by atoms with Gasteiger partial charge in [-0.1, -0.05) is 0 Å². The number of carbonyl (C=O) groups excluding carboxylic acids is 1. The summed E-state index contributed by atoms with van der Waals surface area (Å²) in [4.78, 5) is 35.2. The van der Waals surface area contributed by atoms with Crippen LogP contribution in [0.4, 0.5) is 0 Å². The molecule has 0 saturated carbocycles. The molecule has 0 aromatic carbocycles. The molecule has 0 spiro atoms. The Labute approximate surface area is 172 Å². The number of carboxylic acid groups (broad SMARTS) is 1. The van der Waals surface area contributed by atoms with Crippen molar-refractivity contribution in [2.45, 2.75) is 6.92 Å². The van der Waals surface area contributed by atoms with Gasteiger partial charge in [0.25, 0.3) is 0 Å². The number of hydrogen-bond donors (Lipinski definition) is 3. The zero-order chi connectivity index (χ0) is 17.1. The maximum absolute atomic E-state index is 11.2. The van der Waals surface area contributed by atoms with Crippen LogP contribution in [0, 0.1) is 0 Å². The standard InChI is InChI=1S/C8H8N2O2S.C6H4N2O2S.Li.2H2O/c1-2-12-8(11)5-3-6-7(10-5)9-4-13-6;9-6(10)3-1-4-5(8-3)7-2-11-4;;;/h3-4,10H,2H2,1H3;1-2,8H,(H,9,10);;2*1H2/q;;+1;;/p-1. The number of aromatic amines is 2. The SMILES string of the molecule is CCOC(=O)c1cc2scnc2[nH]1.O.O=C(O)c1cc2scnc2[nH]1.[Li+].[OH-]. The van der Waals surface area contributed by atoms with Gasteiger partial charge >= 0.3 is 30.8 Å². The Morgan fingerprint density at radius 1 is 1.07 bits per heavy atom. The third kappa shape index (κ3) is 5.63. The summed E-state index contributed by atoms with van der Waals surface area (Å²) in [5.74, 6) is -1.28. The van der Waals surface area contributed by atoms with Gasteiger partial charge in [-0.15, -0.1) is 22.7 Å². The number of carbonyl (C=O) groups is 2. The summed E-state index contributed by atoms with van der Waals surface area (Å²) in [5.41, 5.74) is 5.46. The fraction of sp³-hybridized carbons (Fsp3) is 0.143. The van der Waals surface area contributed by atoms with Crippen molar-refractivity contribution in [2.75, 3.05) is 6.61 Å². The molecule has 0 saturated heterocycles. The van der Waals surface area contributed by atoms with E-state index in [4.69, 9.17) is 9.84 Å². The summed E-state index contributed by atoms with van der Waals surface area (Å²) in [6.45, 7) is 2.17. The number of carboxylic acids is 1. The first-order valence-corrected chi connectivity index (χ1v) is 8.59. The molecule has 0 aliphatic heterocycles. The molecule has 27 heavy (non-hydrogen) atoms. The van der Waals surface area contributed by atoms with Crippen LogP contribution < -0.4 is 18.9 Å². The van der Waals surface area contributed by atoms with Crippen LogP contribution >= 0.6 is 22.7 Å². The van der Waals surface area contributed by atoms with Crippen molar-refractivity contribution >= 4 is 55.3 Å². The first kappa shape index (κ1) is 24.8. The summed E-state index contributed by atoms with van der Waals surface area (Å²) in [6, 6.07) is 3.33. The van der Waals surface area contributed by atoms with Crippen LogP contribution in [-0.2, 0) is 4.74 Å². The fourth-order valence-electron chi connectivity index (χ4n) is 1.93. The monoisotopic (exact) mass is 406 g/mol. The van der Waals surface area contributed by atoms with E-state index in [1.165, 1.54) is 22.7 Å². The Bertz CT molecular complexity index is 951. The van der Waals surface area contributed by atoms with Gasteiger partial charge in [-0.05, 0) is 19.1 Å². The Hall–Kier alpha value is -2.20. The fourth-order valence-corrected chi connectivity index (χ4v) is 3.27. The van der Waals surface area contributed by atoms with Gasteiger partial charge in [-0.25, -0.2) is 19.6 Å². The molecular weight excluding hydrogens is 391 g/mol. The van der Waals surface area contributed by atoms with E-state index in [2.05, 4.69) is 19.9 Å². The van der Waals surface area contributed by atoms with Crippen molar-refractivity contribution in [3.05, 3.63) is 34.5 Å². The third-order valence-corrected chi connectivity index (χ3v) is 4.52. The topological polar surface area (TPSA) is 182 Å². The number of thiazole rings is 2. The minimum Gasteiger partial charge on any atom is -0.870 e. The molecule has 0 amide bonds. The number of nitrogens with zero attached hydrogens (tertiary/aromatic N) is 2. The van der Waals surface area contributed by atoms with E-state index in [0.717, 1.165) is 15.0 Å². The maximum Gasteiger partial charge on any atom is 1.00 e. The second-order valence-electron chi connectivity index (χ2n) is 4.52. The van der Waals surface area contributed by atoms with Crippen molar-refractivity contribution < 1.29 is 49.2 Å². The molecule has 140 valence electrons. The van der Waals surface area contributed by atoms with E-state index < -0.39 is 5.97 Å². The average Bonchev–Trinajstić information content (AvgIpc) is 3.27. The summed E-state index contributed by atoms with van der Waals surface area (Å²) in [7, 11) is 0. The van der Waals surface area contributed by atoms with Gasteiger partial charge in [0.05, 0.1) is 27.0 Å². The smallest absolute Gasteiger partial charge is 0.870 e. The van der Waals surface area contributed by atoms with E-state index in [9.17, 15) is 9.59 Å². The first-order chi connectivity index (χ1) is 11.6. The van der Waals surface area contributed by atoms with E-state index >= 15 is 0 Å². The molecule has 0 aliphatic carbocycles. The zero-order valence-electron chi connectivity index (χ0n) is 14.3. The predicted octanol–water partition coefficient (Wildman–Crippen LogP) is -0.874. The van der Waals surface area contributed by atoms with Crippen molar-refractivity contribution in [1.82, 2.24) is 19.9 Å². The molecule has 0 aliphatic rings. The van der Waals surface area contributed by atoms with Crippen molar-refractivity contribution in [3.8, 4) is 0 Å². The normalized spacial score (nSPS) is 9.37. The number of hydrogen-bond acceptors (Lipinski definition) is 8. The van der Waals surface area contributed by atoms with Gasteiger partial charge in [0, 0.05) is 0 Å². The number of aromatic nitrogens is 4. The summed E-state index contributed by atoms with van der Waals surface area (Å²) in [5, 5.41) is 8.55. The number of H-pyrrole nitrogens is 2. The Kier molecular flexibility index (Phi) is 9.94. The van der Waals surface area contributed by atoms with Crippen LogP contribution in [0.3, 0.4) is 0 Å². The molecular formula is C14H15LiN4O6S2. The van der Waals surface area contributed by atoms with Crippen molar-refractivity contribution in [2.24, 2.45) is 0 Å². The Balaban J connectivity index is 0.000000455. The number of esters is 1. The van der Waals surface area contributed by atoms with Crippen LogP contribution in [0.15, 0.2) is 23.2 Å². The summed E-state index contributed by atoms with van der Waals surface area (Å²) >= 11 is 2.91. The van der Waals surface area contributed by atoms with Gasteiger partial charge in [0.2, 0.25) is 0 Å². The van der Waals surface area contributed by atoms with E-state index in [1.54, 1.807) is 30.1 Å². The van der Waals surface area contributed by atoms with Crippen LogP contribution in [0.25, 0.3) is 20.7 Å². The van der Waals surface area contributed by atoms with Crippen molar-refractivity contribution in [1.29, 1.82) is 0 Å². The molecule has 10 nitrogen and oxygen atoms in total. The molecule has 4 heterocycles. The van der Waals surface area contributed by atoms with Crippen LogP contribution in [0.1, 0.15) is 27.9 Å². The van der Waals surface area contributed by atoms with Crippen LogP contribution in [0.5, 0.6) is 0 Å². The van der Waals surface area contributed by atoms with E-state index in [1.807, 2.05) is 0 Å². The minimum absolute atomic E-state index is 0. The van der Waals surface area contributed by atoms with Gasteiger partial charge < -0.3 is 30.8 Å². The van der Waals surface area contributed by atoms with Crippen LogP contribution in [-0.4, -0.2) is 54.5 Å². The average molecular weight is 406 g/mol. The number of fused-ring (bicyclic) bond motifs is 2. The zero-order valence-corrected chi connectivity index (χ0v) is 16.0. The second-order valence-corrected chi connectivity index (χ2v) is 6.29. The molecule has 4 aromatic rings.